The molecule has 1 atom stereocenters. The Morgan fingerprint density at radius 1 is 1.10 bits per heavy atom. The molecule has 40 heavy (non-hydrogen) atoms. The van der Waals surface area contributed by atoms with Crippen molar-refractivity contribution < 1.29 is 32.5 Å². The fourth-order valence-electron chi connectivity index (χ4n) is 4.87. The molecule has 0 saturated carbocycles. The monoisotopic (exact) mass is 558 g/mol. The largest absolute Gasteiger partial charge is 0.473 e. The van der Waals surface area contributed by atoms with Crippen LogP contribution in [0.15, 0.2) is 18.5 Å². The van der Waals surface area contributed by atoms with E-state index in [1.807, 2.05) is 0 Å². The zero-order valence-electron chi connectivity index (χ0n) is 23.2. The van der Waals surface area contributed by atoms with Crippen molar-refractivity contribution in [1.29, 1.82) is 0 Å². The van der Waals surface area contributed by atoms with Crippen LogP contribution in [0.1, 0.15) is 50.7 Å². The van der Waals surface area contributed by atoms with Gasteiger partial charge in [-0.1, -0.05) is 5.92 Å². The fourth-order valence-corrected chi connectivity index (χ4v) is 4.87. The molecule has 0 N–H and O–H groups in total. The third-order valence-corrected chi connectivity index (χ3v) is 7.04. The maximum atomic E-state index is 15.0. The number of methoxy groups -OCH3 is 1. The fraction of sp³-hybridized carbons (Fsp3) is 0.552. The van der Waals surface area contributed by atoms with E-state index in [9.17, 15) is 13.6 Å². The van der Waals surface area contributed by atoms with Crippen molar-refractivity contribution in [2.75, 3.05) is 39.8 Å². The minimum Gasteiger partial charge on any atom is -0.473 e. The highest BCUT2D eigenvalue weighted by Crippen LogP contribution is 2.32. The zero-order chi connectivity index (χ0) is 28.6. The Morgan fingerprint density at radius 3 is 2.55 bits per heavy atom. The van der Waals surface area contributed by atoms with Crippen molar-refractivity contribution in [1.82, 2.24) is 19.8 Å². The number of rotatable bonds is 9. The molecular weight excluding hydrogens is 522 g/mol. The lowest BCUT2D eigenvalue weighted by atomic mass is 10.1. The van der Waals surface area contributed by atoms with Crippen molar-refractivity contribution in [3.63, 3.8) is 0 Å². The Bertz CT molecular complexity index is 1210. The number of benzene rings is 1. The van der Waals surface area contributed by atoms with Crippen LogP contribution in [0, 0.1) is 24.0 Å². The van der Waals surface area contributed by atoms with E-state index in [0.29, 0.717) is 38.9 Å². The van der Waals surface area contributed by atoms with E-state index in [1.165, 1.54) is 6.33 Å². The lowest BCUT2D eigenvalue weighted by molar-refractivity contribution is 0.0318. The number of piperidine rings is 2. The van der Waals surface area contributed by atoms with Crippen LogP contribution in [0.5, 0.6) is 17.5 Å². The molecule has 1 aromatic heterocycles. The van der Waals surface area contributed by atoms with E-state index < -0.39 is 11.6 Å². The normalized spacial score (nSPS) is 18.4. The van der Waals surface area contributed by atoms with Crippen LogP contribution in [0.2, 0.25) is 0 Å². The van der Waals surface area contributed by atoms with Gasteiger partial charge in [0.1, 0.15) is 23.8 Å². The Morgan fingerprint density at radius 2 is 1.85 bits per heavy atom. The molecule has 2 saturated heterocycles. The summed E-state index contributed by atoms with van der Waals surface area (Å²) in [6, 6.07) is 2.16. The van der Waals surface area contributed by atoms with E-state index in [1.54, 1.807) is 25.9 Å². The van der Waals surface area contributed by atoms with Gasteiger partial charge >= 0.3 is 6.09 Å². The molecular formula is C29H36F2N4O5. The molecule has 0 bridgehead atoms. The van der Waals surface area contributed by atoms with Crippen LogP contribution < -0.4 is 9.47 Å². The standard InChI is InChI=1S/C29H36F2N4O5/c1-5-23-27(39-21-9-13-35(14-10-21)29(36)38-19(2)3)32-18-33-28(23)40-26-16-24(30)20(15-25(26)31)8-12-34-11-6-7-22(17-34)37-4/h1,15-16,18-19,21-22H,6-14,17H2,2-4H3. The van der Waals surface area contributed by atoms with Gasteiger partial charge in [0.15, 0.2) is 11.6 Å². The Hall–Kier alpha value is -3.49. The van der Waals surface area contributed by atoms with Crippen molar-refractivity contribution in [3.05, 3.63) is 41.2 Å². The quantitative estimate of drug-likeness (QED) is 0.414. The summed E-state index contributed by atoms with van der Waals surface area (Å²) in [5.74, 6) is 0.787. The third-order valence-electron chi connectivity index (χ3n) is 7.04. The summed E-state index contributed by atoms with van der Waals surface area (Å²) in [6.07, 6.45) is 9.70. The second-order valence-corrected chi connectivity index (χ2v) is 10.3. The number of terminal acetylenes is 1. The number of carbonyl (C=O) groups is 1. The van der Waals surface area contributed by atoms with E-state index >= 15 is 0 Å². The van der Waals surface area contributed by atoms with Gasteiger partial charge in [-0.2, -0.15) is 0 Å². The minimum absolute atomic E-state index is 0.0887. The molecule has 0 spiro atoms. The summed E-state index contributed by atoms with van der Waals surface area (Å²) >= 11 is 0. The van der Waals surface area contributed by atoms with Crippen LogP contribution in [-0.4, -0.2) is 84.0 Å². The molecule has 2 aliphatic heterocycles. The SMILES string of the molecule is C#Cc1c(Oc2cc(F)c(CCN3CCCC(OC)C3)cc2F)ncnc1OC1CCN(C(=O)OC(C)C)CC1. The third kappa shape index (κ3) is 7.58. The van der Waals surface area contributed by atoms with E-state index in [-0.39, 0.29) is 53.0 Å². The molecule has 3 heterocycles. The van der Waals surface area contributed by atoms with Crippen molar-refractivity contribution in [3.8, 4) is 29.9 Å². The average molecular weight is 559 g/mol. The highest BCUT2D eigenvalue weighted by molar-refractivity contribution is 5.67. The average Bonchev–Trinajstić information content (AvgIpc) is 2.94. The first-order valence-corrected chi connectivity index (χ1v) is 13.6. The van der Waals surface area contributed by atoms with Crippen LogP contribution >= 0.6 is 0 Å². The number of halogens is 2. The molecule has 1 unspecified atom stereocenters. The number of hydrogen-bond donors (Lipinski definition) is 0. The van der Waals surface area contributed by atoms with Crippen molar-refractivity contribution in [2.24, 2.45) is 0 Å². The summed E-state index contributed by atoms with van der Waals surface area (Å²) in [6.45, 7) is 6.79. The number of likely N-dealkylation sites (tertiary alicyclic amines) is 2. The van der Waals surface area contributed by atoms with Crippen molar-refractivity contribution in [2.45, 2.75) is 64.3 Å². The number of amides is 1. The summed E-state index contributed by atoms with van der Waals surface area (Å²) in [7, 11) is 1.69. The summed E-state index contributed by atoms with van der Waals surface area (Å²) < 4.78 is 52.2. The molecule has 216 valence electrons. The highest BCUT2D eigenvalue weighted by atomic mass is 19.1. The van der Waals surface area contributed by atoms with Gasteiger partial charge < -0.3 is 28.7 Å². The van der Waals surface area contributed by atoms with Gasteiger partial charge in [0.2, 0.25) is 11.8 Å². The van der Waals surface area contributed by atoms with Gasteiger partial charge in [-0.15, -0.1) is 6.42 Å². The molecule has 2 fully saturated rings. The van der Waals surface area contributed by atoms with Gasteiger partial charge in [-0.25, -0.2) is 23.5 Å². The first-order chi connectivity index (χ1) is 19.3. The van der Waals surface area contributed by atoms with E-state index in [4.69, 9.17) is 25.4 Å². The molecule has 1 aromatic carbocycles. The van der Waals surface area contributed by atoms with Crippen LogP contribution in [-0.2, 0) is 15.9 Å². The molecule has 4 rings (SSSR count). The molecule has 0 radical (unpaired) electrons. The van der Waals surface area contributed by atoms with Gasteiger partial charge in [-0.3, -0.25) is 0 Å². The molecule has 11 heteroatoms. The minimum atomic E-state index is -0.727. The predicted molar refractivity (Wildman–Crippen MR) is 143 cm³/mol. The summed E-state index contributed by atoms with van der Waals surface area (Å²) in [5, 5.41) is 0. The summed E-state index contributed by atoms with van der Waals surface area (Å²) in [5.41, 5.74) is 0.350. The lowest BCUT2D eigenvalue weighted by Crippen LogP contribution is -2.42. The Balaban J connectivity index is 1.39. The molecule has 2 aromatic rings. The first-order valence-electron chi connectivity index (χ1n) is 13.6. The smallest absolute Gasteiger partial charge is 0.410 e. The number of aromatic nitrogens is 2. The second-order valence-electron chi connectivity index (χ2n) is 10.3. The van der Waals surface area contributed by atoms with Gasteiger partial charge in [-0.05, 0) is 51.3 Å². The zero-order valence-corrected chi connectivity index (χ0v) is 23.2. The molecule has 1 amide bonds. The summed E-state index contributed by atoms with van der Waals surface area (Å²) in [4.78, 5) is 24.1. The molecule has 2 aliphatic rings. The predicted octanol–water partition coefficient (Wildman–Crippen LogP) is 4.57. The molecule has 0 aliphatic carbocycles. The highest BCUT2D eigenvalue weighted by Gasteiger charge is 2.27. The van der Waals surface area contributed by atoms with E-state index in [2.05, 4.69) is 20.8 Å². The number of nitrogens with zero attached hydrogens (tertiary/aromatic N) is 4. The van der Waals surface area contributed by atoms with Crippen LogP contribution in [0.25, 0.3) is 0 Å². The topological polar surface area (TPSA) is 86.3 Å². The Kier molecular flexibility index (Phi) is 10.1. The second kappa shape index (κ2) is 13.7. The van der Waals surface area contributed by atoms with Crippen molar-refractivity contribution >= 4 is 6.09 Å². The van der Waals surface area contributed by atoms with Crippen LogP contribution in [0.3, 0.4) is 0 Å². The number of hydrogen-bond acceptors (Lipinski definition) is 8. The van der Waals surface area contributed by atoms with Gasteiger partial charge in [0.25, 0.3) is 0 Å². The number of carbonyl (C=O) groups excluding carboxylic acids is 1. The lowest BCUT2D eigenvalue weighted by Gasteiger charge is -2.31. The van der Waals surface area contributed by atoms with Crippen LogP contribution in [0.4, 0.5) is 13.6 Å². The maximum absolute atomic E-state index is 15.0. The van der Waals surface area contributed by atoms with E-state index in [0.717, 1.165) is 38.1 Å². The Labute approximate surface area is 233 Å². The number of ether oxygens (including phenoxy) is 4. The first kappa shape index (κ1) is 29.5. The molecule has 9 nitrogen and oxygen atoms in total. The van der Waals surface area contributed by atoms with Gasteiger partial charge in [0, 0.05) is 52.2 Å². The van der Waals surface area contributed by atoms with Gasteiger partial charge in [0.05, 0.1) is 12.2 Å². The maximum Gasteiger partial charge on any atom is 0.410 e.